The van der Waals surface area contributed by atoms with E-state index in [4.69, 9.17) is 24.3 Å². The van der Waals surface area contributed by atoms with Gasteiger partial charge >= 0.3 is 19.8 Å². The van der Waals surface area contributed by atoms with Crippen LogP contribution in [0.15, 0.2) is 36.5 Å². The zero-order valence-corrected chi connectivity index (χ0v) is 39.8. The van der Waals surface area contributed by atoms with Crippen LogP contribution in [0.4, 0.5) is 0 Å². The van der Waals surface area contributed by atoms with Crippen molar-refractivity contribution in [2.45, 2.75) is 245 Å². The average Bonchev–Trinajstić information content (AvgIpc) is 3.24. The molecule has 0 aliphatic heterocycles. The van der Waals surface area contributed by atoms with E-state index in [2.05, 4.69) is 50.3 Å². The summed E-state index contributed by atoms with van der Waals surface area (Å²) in [6, 6.07) is 0. The fourth-order valence-electron chi connectivity index (χ4n) is 7.01. The molecule has 3 N–H and O–H groups in total. The maximum atomic E-state index is 12.6. The predicted octanol–water partition coefficient (Wildman–Crippen LogP) is 14.9. The molecule has 0 amide bonds. The first-order valence-corrected chi connectivity index (χ1v) is 26.5. The number of allylic oxidation sites excluding steroid dienone is 6. The number of carbonyl (C=O) groups excluding carboxylic acids is 2. The Bertz CT molecular complexity index is 1080. The van der Waals surface area contributed by atoms with Gasteiger partial charge in [0.25, 0.3) is 0 Å². The van der Waals surface area contributed by atoms with Crippen LogP contribution in [0.5, 0.6) is 0 Å². The zero-order valence-electron chi connectivity index (χ0n) is 38.9. The molecule has 0 saturated carbocycles. The molecule has 0 aliphatic rings. The van der Waals surface area contributed by atoms with Crippen LogP contribution in [0.1, 0.15) is 239 Å². The number of phosphoric acid groups is 1. The number of carbonyl (C=O) groups is 2. The molecule has 60 heavy (non-hydrogen) atoms. The molecule has 352 valence electrons. The lowest BCUT2D eigenvalue weighted by atomic mass is 10.0. The third kappa shape index (κ3) is 45.7. The van der Waals surface area contributed by atoms with Crippen molar-refractivity contribution in [2.24, 2.45) is 5.73 Å². The van der Waals surface area contributed by atoms with Gasteiger partial charge in [0.2, 0.25) is 0 Å². The van der Waals surface area contributed by atoms with Crippen LogP contribution in [0.3, 0.4) is 0 Å². The molecule has 0 fully saturated rings. The lowest BCUT2D eigenvalue weighted by Crippen LogP contribution is -2.29. The second-order valence-electron chi connectivity index (χ2n) is 16.7. The topological polar surface area (TPSA) is 134 Å². The average molecular weight is 868 g/mol. The SMILES string of the molecule is CCCCC/C=C\CCCCCCCC(=O)OCC(COP(=O)(O)OCCN)OC(=O)CCCCCCCCCCCCCCCCC/C=C\C/C=C\CCCCCCC. The van der Waals surface area contributed by atoms with E-state index in [9.17, 15) is 19.0 Å². The van der Waals surface area contributed by atoms with Gasteiger partial charge in [0, 0.05) is 19.4 Å². The molecule has 0 rings (SSSR count). The normalized spacial score (nSPS) is 13.5. The number of ether oxygens (including phenoxy) is 2. The van der Waals surface area contributed by atoms with Crippen LogP contribution in [0.2, 0.25) is 0 Å². The van der Waals surface area contributed by atoms with Crippen LogP contribution in [-0.2, 0) is 32.7 Å². The number of nitrogens with two attached hydrogens (primary N) is 1. The molecule has 0 aromatic rings. The lowest BCUT2D eigenvalue weighted by Gasteiger charge is -2.19. The third-order valence-corrected chi connectivity index (χ3v) is 11.7. The molecule has 0 radical (unpaired) electrons. The van der Waals surface area contributed by atoms with Crippen molar-refractivity contribution in [1.82, 2.24) is 0 Å². The highest BCUT2D eigenvalue weighted by Gasteiger charge is 2.26. The molecule has 0 aromatic carbocycles. The Labute approximate surface area is 369 Å². The minimum Gasteiger partial charge on any atom is -0.462 e. The second-order valence-corrected chi connectivity index (χ2v) is 18.1. The molecule has 10 heteroatoms. The highest BCUT2D eigenvalue weighted by molar-refractivity contribution is 7.47. The summed E-state index contributed by atoms with van der Waals surface area (Å²) in [7, 11) is -4.38. The van der Waals surface area contributed by atoms with Gasteiger partial charge in [0.1, 0.15) is 6.61 Å². The number of hydrogen-bond acceptors (Lipinski definition) is 8. The van der Waals surface area contributed by atoms with Gasteiger partial charge in [-0.05, 0) is 70.6 Å². The van der Waals surface area contributed by atoms with E-state index in [0.29, 0.717) is 6.42 Å². The maximum absolute atomic E-state index is 12.6. The number of hydrogen-bond donors (Lipinski definition) is 2. The number of rotatable bonds is 47. The number of esters is 2. The fraction of sp³-hybridized carbons (Fsp3) is 0.840. The van der Waals surface area contributed by atoms with E-state index in [1.54, 1.807) is 0 Å². The van der Waals surface area contributed by atoms with Crippen LogP contribution < -0.4 is 5.73 Å². The van der Waals surface area contributed by atoms with Gasteiger partial charge in [-0.3, -0.25) is 18.6 Å². The lowest BCUT2D eigenvalue weighted by molar-refractivity contribution is -0.161. The van der Waals surface area contributed by atoms with Crippen LogP contribution in [0.25, 0.3) is 0 Å². The van der Waals surface area contributed by atoms with Gasteiger partial charge < -0.3 is 20.1 Å². The summed E-state index contributed by atoms with van der Waals surface area (Å²) in [6.45, 7) is 3.71. The van der Waals surface area contributed by atoms with Crippen molar-refractivity contribution in [3.05, 3.63) is 36.5 Å². The highest BCUT2D eigenvalue weighted by Crippen LogP contribution is 2.43. The van der Waals surface area contributed by atoms with Crippen LogP contribution in [0, 0.1) is 0 Å². The quantitative estimate of drug-likeness (QED) is 0.0265. The van der Waals surface area contributed by atoms with E-state index < -0.39 is 26.5 Å². The van der Waals surface area contributed by atoms with E-state index in [1.807, 2.05) is 0 Å². The standard InChI is InChI=1S/C50H94NO8P/c1-3-5-7-9-11-13-15-17-18-19-20-21-22-23-24-25-26-27-28-29-30-31-33-35-37-39-41-43-50(53)59-48(47-58-60(54,55)57-45-44-51)46-56-49(52)42-40-38-36-34-32-16-14-12-10-8-6-4-2/h12,14-15,17,19-20,48H,3-11,13,16,18,21-47,51H2,1-2H3,(H,54,55)/b14-12-,17-15-,20-19-. The summed E-state index contributed by atoms with van der Waals surface area (Å²) in [5.74, 6) is -0.833. The first-order valence-electron chi connectivity index (χ1n) is 25.0. The third-order valence-electron chi connectivity index (χ3n) is 10.7. The minimum atomic E-state index is -4.38. The first-order chi connectivity index (χ1) is 29.3. The molecule has 0 bridgehead atoms. The molecule has 0 aromatic heterocycles. The van der Waals surface area contributed by atoms with Gasteiger partial charge in [0.05, 0.1) is 13.2 Å². The van der Waals surface area contributed by atoms with Crippen LogP contribution in [-0.4, -0.2) is 49.3 Å². The highest BCUT2D eigenvalue weighted by atomic mass is 31.2. The van der Waals surface area contributed by atoms with Gasteiger partial charge in [-0.15, -0.1) is 0 Å². The second kappa shape index (κ2) is 46.7. The van der Waals surface area contributed by atoms with Crippen molar-refractivity contribution in [3.8, 4) is 0 Å². The largest absolute Gasteiger partial charge is 0.472 e. The summed E-state index contributed by atoms with van der Waals surface area (Å²) in [5, 5.41) is 0. The molecule has 0 heterocycles. The van der Waals surface area contributed by atoms with Gasteiger partial charge in [-0.1, -0.05) is 192 Å². The molecule has 2 unspecified atom stereocenters. The fourth-order valence-corrected chi connectivity index (χ4v) is 7.78. The summed E-state index contributed by atoms with van der Waals surface area (Å²) in [5.41, 5.74) is 5.36. The molecule has 9 nitrogen and oxygen atoms in total. The Hall–Kier alpha value is -1.77. The van der Waals surface area contributed by atoms with Crippen molar-refractivity contribution in [2.75, 3.05) is 26.4 Å². The molecule has 0 aliphatic carbocycles. The molecule has 0 spiro atoms. The Kier molecular flexibility index (Phi) is 45.3. The van der Waals surface area contributed by atoms with Gasteiger partial charge in [-0.25, -0.2) is 4.57 Å². The monoisotopic (exact) mass is 868 g/mol. The Balaban J connectivity index is 3.95. The molecule has 2 atom stereocenters. The summed E-state index contributed by atoms with van der Waals surface area (Å²) in [6.07, 6.45) is 53.4. The van der Waals surface area contributed by atoms with Crippen molar-refractivity contribution in [3.63, 3.8) is 0 Å². The van der Waals surface area contributed by atoms with E-state index in [-0.39, 0.29) is 38.6 Å². The summed E-state index contributed by atoms with van der Waals surface area (Å²) < 4.78 is 32.8. The van der Waals surface area contributed by atoms with E-state index in [1.165, 1.54) is 141 Å². The maximum Gasteiger partial charge on any atom is 0.472 e. The van der Waals surface area contributed by atoms with E-state index >= 15 is 0 Å². The minimum absolute atomic E-state index is 0.0529. The summed E-state index contributed by atoms with van der Waals surface area (Å²) >= 11 is 0. The van der Waals surface area contributed by atoms with Crippen molar-refractivity contribution < 1.29 is 37.6 Å². The predicted molar refractivity (Wildman–Crippen MR) is 252 cm³/mol. The Morgan fingerprint density at radius 3 is 1.32 bits per heavy atom. The Morgan fingerprint density at radius 1 is 0.500 bits per heavy atom. The molecule has 0 saturated heterocycles. The Morgan fingerprint density at radius 2 is 0.867 bits per heavy atom. The first kappa shape index (κ1) is 58.2. The zero-order chi connectivity index (χ0) is 43.9. The smallest absolute Gasteiger partial charge is 0.462 e. The molecular formula is C50H94NO8P. The van der Waals surface area contributed by atoms with Crippen molar-refractivity contribution >= 4 is 19.8 Å². The molecular weight excluding hydrogens is 774 g/mol. The number of unbranched alkanes of at least 4 members (excludes halogenated alkanes) is 28. The summed E-state index contributed by atoms with van der Waals surface area (Å²) in [4.78, 5) is 34.9. The van der Waals surface area contributed by atoms with Gasteiger partial charge in [-0.2, -0.15) is 0 Å². The van der Waals surface area contributed by atoms with Crippen LogP contribution >= 0.6 is 7.82 Å². The van der Waals surface area contributed by atoms with Crippen molar-refractivity contribution in [1.29, 1.82) is 0 Å². The van der Waals surface area contributed by atoms with E-state index in [0.717, 1.165) is 64.2 Å². The van der Waals surface area contributed by atoms with Gasteiger partial charge in [0.15, 0.2) is 6.10 Å². The number of phosphoric ester groups is 1.